The molecule has 1 unspecified atom stereocenters. The van der Waals surface area contributed by atoms with Crippen molar-refractivity contribution in [2.45, 2.75) is 13.3 Å². The summed E-state index contributed by atoms with van der Waals surface area (Å²) in [7, 11) is 0. The molecule has 3 rings (SSSR count). The second-order valence-corrected chi connectivity index (χ2v) is 5.54. The maximum absolute atomic E-state index is 12.3. The van der Waals surface area contributed by atoms with Crippen LogP contribution in [0.15, 0.2) is 27.1 Å². The standard InChI is InChI=1S/C14H13BrO3/c1-8-11-3-2-10(15)6-12(11)18-14(8)13(16)9-4-5-17-7-9/h2-3,6,9H,4-5,7H2,1H3. The molecule has 1 fully saturated rings. The number of aryl methyl sites for hydroxylation is 1. The zero-order chi connectivity index (χ0) is 12.7. The molecule has 1 atom stereocenters. The van der Waals surface area contributed by atoms with Crippen molar-refractivity contribution in [3.05, 3.63) is 34.0 Å². The highest BCUT2D eigenvalue weighted by Crippen LogP contribution is 2.30. The van der Waals surface area contributed by atoms with E-state index < -0.39 is 0 Å². The third-order valence-corrected chi connectivity index (χ3v) is 3.92. The van der Waals surface area contributed by atoms with Crippen molar-refractivity contribution in [2.75, 3.05) is 13.2 Å². The van der Waals surface area contributed by atoms with Gasteiger partial charge >= 0.3 is 0 Å². The van der Waals surface area contributed by atoms with Crippen molar-refractivity contribution < 1.29 is 13.9 Å². The molecule has 1 aromatic carbocycles. The summed E-state index contributed by atoms with van der Waals surface area (Å²) in [4.78, 5) is 12.3. The summed E-state index contributed by atoms with van der Waals surface area (Å²) < 4.78 is 11.9. The monoisotopic (exact) mass is 308 g/mol. The number of hydrogen-bond donors (Lipinski definition) is 0. The number of ether oxygens (including phenoxy) is 1. The molecule has 0 aliphatic carbocycles. The van der Waals surface area contributed by atoms with Crippen LogP contribution < -0.4 is 0 Å². The fourth-order valence-corrected chi connectivity index (χ4v) is 2.70. The highest BCUT2D eigenvalue weighted by atomic mass is 79.9. The maximum atomic E-state index is 12.3. The van der Waals surface area contributed by atoms with Gasteiger partial charge in [-0.15, -0.1) is 0 Å². The van der Waals surface area contributed by atoms with Gasteiger partial charge in [-0.3, -0.25) is 4.79 Å². The number of carbonyl (C=O) groups excluding carboxylic acids is 1. The van der Waals surface area contributed by atoms with Crippen molar-refractivity contribution in [3.8, 4) is 0 Å². The molecule has 4 heteroatoms. The molecule has 2 aromatic rings. The minimum absolute atomic E-state index is 0.0484. The zero-order valence-corrected chi connectivity index (χ0v) is 11.6. The fraction of sp³-hybridized carbons (Fsp3) is 0.357. The van der Waals surface area contributed by atoms with Gasteiger partial charge in [0.05, 0.1) is 12.5 Å². The third kappa shape index (κ3) is 1.89. The summed E-state index contributed by atoms with van der Waals surface area (Å²) in [5.74, 6) is 0.503. The third-order valence-electron chi connectivity index (χ3n) is 3.42. The lowest BCUT2D eigenvalue weighted by Gasteiger charge is -2.03. The molecule has 3 nitrogen and oxygen atoms in total. The van der Waals surface area contributed by atoms with E-state index in [-0.39, 0.29) is 11.7 Å². The van der Waals surface area contributed by atoms with Crippen LogP contribution in [0.5, 0.6) is 0 Å². The number of hydrogen-bond acceptors (Lipinski definition) is 3. The van der Waals surface area contributed by atoms with E-state index in [2.05, 4.69) is 15.9 Å². The molecular weight excluding hydrogens is 296 g/mol. The van der Waals surface area contributed by atoms with E-state index in [9.17, 15) is 4.79 Å². The molecule has 1 saturated heterocycles. The van der Waals surface area contributed by atoms with Gasteiger partial charge < -0.3 is 9.15 Å². The van der Waals surface area contributed by atoms with Gasteiger partial charge in [0, 0.05) is 22.0 Å². The summed E-state index contributed by atoms with van der Waals surface area (Å²) in [6.45, 7) is 3.11. The molecule has 2 heterocycles. The van der Waals surface area contributed by atoms with Gasteiger partial charge in [0.1, 0.15) is 5.58 Å². The smallest absolute Gasteiger partial charge is 0.203 e. The summed E-state index contributed by atoms with van der Waals surface area (Å²) in [6, 6.07) is 5.82. The van der Waals surface area contributed by atoms with Crippen LogP contribution in [-0.4, -0.2) is 19.0 Å². The van der Waals surface area contributed by atoms with Crippen molar-refractivity contribution >= 4 is 32.7 Å². The van der Waals surface area contributed by atoms with Gasteiger partial charge in [0.25, 0.3) is 0 Å². The van der Waals surface area contributed by atoms with E-state index in [1.807, 2.05) is 25.1 Å². The van der Waals surface area contributed by atoms with Crippen LogP contribution in [0, 0.1) is 12.8 Å². The quantitative estimate of drug-likeness (QED) is 0.794. The first kappa shape index (κ1) is 11.9. The molecule has 0 bridgehead atoms. The second-order valence-electron chi connectivity index (χ2n) is 4.62. The Balaban J connectivity index is 2.06. The summed E-state index contributed by atoms with van der Waals surface area (Å²) in [5, 5.41) is 1.00. The summed E-state index contributed by atoms with van der Waals surface area (Å²) in [5.41, 5.74) is 1.68. The predicted octanol–water partition coefficient (Wildman–Crippen LogP) is 3.72. The van der Waals surface area contributed by atoms with Crippen molar-refractivity contribution in [1.29, 1.82) is 0 Å². The fourth-order valence-electron chi connectivity index (χ4n) is 2.36. The number of benzene rings is 1. The van der Waals surface area contributed by atoms with Gasteiger partial charge in [0.2, 0.25) is 5.78 Å². The van der Waals surface area contributed by atoms with Gasteiger partial charge in [-0.25, -0.2) is 0 Å². The van der Waals surface area contributed by atoms with E-state index >= 15 is 0 Å². The van der Waals surface area contributed by atoms with Crippen molar-refractivity contribution in [1.82, 2.24) is 0 Å². The number of rotatable bonds is 2. The Morgan fingerprint density at radius 3 is 3.00 bits per heavy atom. The van der Waals surface area contributed by atoms with Gasteiger partial charge in [-0.2, -0.15) is 0 Å². The van der Waals surface area contributed by atoms with Crippen LogP contribution in [0.25, 0.3) is 11.0 Å². The Morgan fingerprint density at radius 2 is 2.28 bits per heavy atom. The zero-order valence-electron chi connectivity index (χ0n) is 10.0. The highest BCUT2D eigenvalue weighted by molar-refractivity contribution is 9.10. The van der Waals surface area contributed by atoms with Crippen LogP contribution in [0.2, 0.25) is 0 Å². The molecule has 94 valence electrons. The maximum Gasteiger partial charge on any atom is 0.203 e. The van der Waals surface area contributed by atoms with Gasteiger partial charge in [0.15, 0.2) is 5.76 Å². The molecule has 18 heavy (non-hydrogen) atoms. The molecule has 0 N–H and O–H groups in total. The molecular formula is C14H13BrO3. The van der Waals surface area contributed by atoms with Gasteiger partial charge in [-0.1, -0.05) is 15.9 Å². The lowest BCUT2D eigenvalue weighted by molar-refractivity contribution is 0.0873. The Morgan fingerprint density at radius 1 is 1.44 bits per heavy atom. The van der Waals surface area contributed by atoms with Crippen LogP contribution >= 0.6 is 15.9 Å². The first-order chi connectivity index (χ1) is 8.66. The average Bonchev–Trinajstić information content (AvgIpc) is 2.97. The number of ketones is 1. The number of furan rings is 1. The molecule has 0 spiro atoms. The number of Topliss-reactive ketones (excluding diaryl/α,β-unsaturated/α-hetero) is 1. The number of fused-ring (bicyclic) bond motifs is 1. The van der Waals surface area contributed by atoms with Gasteiger partial charge in [-0.05, 0) is 31.5 Å². The first-order valence-electron chi connectivity index (χ1n) is 5.97. The minimum Gasteiger partial charge on any atom is -0.453 e. The Bertz CT molecular complexity index is 609. The Kier molecular flexibility index (Phi) is 2.99. The molecule has 0 amide bonds. The molecule has 1 aromatic heterocycles. The normalized spacial score (nSPS) is 19.6. The van der Waals surface area contributed by atoms with E-state index in [1.165, 1.54) is 0 Å². The Labute approximate surface area is 113 Å². The van der Waals surface area contributed by atoms with Crippen LogP contribution in [0.1, 0.15) is 22.5 Å². The lowest BCUT2D eigenvalue weighted by atomic mass is 9.99. The largest absolute Gasteiger partial charge is 0.453 e. The highest BCUT2D eigenvalue weighted by Gasteiger charge is 2.29. The second kappa shape index (κ2) is 4.52. The predicted molar refractivity (Wildman–Crippen MR) is 71.9 cm³/mol. The topological polar surface area (TPSA) is 39.4 Å². The molecule has 0 saturated carbocycles. The SMILES string of the molecule is Cc1c(C(=O)C2CCOC2)oc2cc(Br)ccc12. The first-order valence-corrected chi connectivity index (χ1v) is 6.76. The Hall–Kier alpha value is -1.13. The van der Waals surface area contributed by atoms with E-state index in [4.69, 9.17) is 9.15 Å². The van der Waals surface area contributed by atoms with E-state index in [0.717, 1.165) is 27.4 Å². The molecule has 1 aliphatic heterocycles. The molecule has 0 radical (unpaired) electrons. The van der Waals surface area contributed by atoms with Crippen molar-refractivity contribution in [3.63, 3.8) is 0 Å². The minimum atomic E-state index is -0.0484. The van der Waals surface area contributed by atoms with Crippen LogP contribution in [-0.2, 0) is 4.74 Å². The average molecular weight is 309 g/mol. The van der Waals surface area contributed by atoms with Crippen LogP contribution in [0.4, 0.5) is 0 Å². The van der Waals surface area contributed by atoms with Crippen LogP contribution in [0.3, 0.4) is 0 Å². The van der Waals surface area contributed by atoms with Crippen molar-refractivity contribution in [2.24, 2.45) is 5.92 Å². The van der Waals surface area contributed by atoms with E-state index in [0.29, 0.717) is 19.0 Å². The van der Waals surface area contributed by atoms with E-state index in [1.54, 1.807) is 0 Å². The number of carbonyl (C=O) groups is 1. The molecule has 1 aliphatic rings. The lowest BCUT2D eigenvalue weighted by Crippen LogP contribution is -2.14. The number of halogens is 1. The summed E-state index contributed by atoms with van der Waals surface area (Å²) >= 11 is 3.40. The summed E-state index contributed by atoms with van der Waals surface area (Å²) in [6.07, 6.45) is 0.791.